The van der Waals surface area contributed by atoms with Crippen LogP contribution < -0.4 is 5.32 Å². The Morgan fingerprint density at radius 2 is 2.10 bits per heavy atom. The van der Waals surface area contributed by atoms with Crippen LogP contribution in [0.1, 0.15) is 46.7 Å². The molecule has 3 aromatic rings. The molecule has 8 heteroatoms. The molecule has 1 amide bonds. The number of benzene rings is 1. The van der Waals surface area contributed by atoms with E-state index in [4.69, 9.17) is 4.74 Å². The molecular formula is C23H27N5O2S. The van der Waals surface area contributed by atoms with Gasteiger partial charge in [-0.15, -0.1) is 11.3 Å². The fourth-order valence-electron chi connectivity index (χ4n) is 4.71. The lowest BCUT2D eigenvalue weighted by Crippen LogP contribution is -2.44. The summed E-state index contributed by atoms with van der Waals surface area (Å²) >= 11 is 1.49. The van der Waals surface area contributed by atoms with Crippen LogP contribution in [0.3, 0.4) is 0 Å². The van der Waals surface area contributed by atoms with Gasteiger partial charge in [-0.2, -0.15) is 0 Å². The summed E-state index contributed by atoms with van der Waals surface area (Å²) in [5.41, 5.74) is 3.63. The zero-order valence-corrected chi connectivity index (χ0v) is 18.5. The molecule has 0 radical (unpaired) electrons. The molecule has 0 bridgehead atoms. The Bertz CT molecular complexity index is 1070. The summed E-state index contributed by atoms with van der Waals surface area (Å²) in [6.07, 6.45) is 7.71. The Labute approximate surface area is 185 Å². The van der Waals surface area contributed by atoms with Gasteiger partial charge in [0.25, 0.3) is 5.91 Å². The van der Waals surface area contributed by atoms with Gasteiger partial charge >= 0.3 is 0 Å². The van der Waals surface area contributed by atoms with E-state index in [1.165, 1.54) is 16.9 Å². The maximum atomic E-state index is 12.3. The monoisotopic (exact) mass is 437 g/mol. The van der Waals surface area contributed by atoms with Gasteiger partial charge in [0.1, 0.15) is 5.69 Å². The number of para-hydroxylation sites is 1. The fraction of sp³-hybridized carbons (Fsp3) is 0.478. The van der Waals surface area contributed by atoms with Crippen LogP contribution in [-0.4, -0.2) is 57.1 Å². The lowest BCUT2D eigenvalue weighted by molar-refractivity contribution is -0.0764. The van der Waals surface area contributed by atoms with Crippen molar-refractivity contribution in [2.75, 3.05) is 19.6 Å². The van der Waals surface area contributed by atoms with E-state index < -0.39 is 0 Å². The maximum Gasteiger partial charge on any atom is 0.270 e. The molecule has 1 N–H and O–H groups in total. The average molecular weight is 438 g/mol. The molecular weight excluding hydrogens is 410 g/mol. The smallest absolute Gasteiger partial charge is 0.270 e. The summed E-state index contributed by atoms with van der Waals surface area (Å²) in [4.78, 5) is 27.9. The number of aryl methyl sites for hydroxylation is 1. The first-order valence-corrected chi connectivity index (χ1v) is 11.8. The number of nitrogens with zero attached hydrogens (tertiary/aromatic N) is 4. The van der Waals surface area contributed by atoms with Crippen molar-refractivity contribution in [1.29, 1.82) is 0 Å². The Kier molecular flexibility index (Phi) is 5.69. The second kappa shape index (κ2) is 8.61. The number of carbonyl (C=O) groups excluding carboxylic acids is 1. The van der Waals surface area contributed by atoms with Crippen molar-refractivity contribution in [2.24, 2.45) is 0 Å². The highest BCUT2D eigenvalue weighted by Gasteiger charge is 2.42. The summed E-state index contributed by atoms with van der Waals surface area (Å²) in [5.74, 6) is -0.109. The third kappa shape index (κ3) is 4.46. The van der Waals surface area contributed by atoms with Gasteiger partial charge in [-0.05, 0) is 44.2 Å². The van der Waals surface area contributed by atoms with Crippen molar-refractivity contribution in [3.8, 4) is 0 Å². The highest BCUT2D eigenvalue weighted by Crippen LogP contribution is 2.39. The highest BCUT2D eigenvalue weighted by molar-refractivity contribution is 7.09. The van der Waals surface area contributed by atoms with Gasteiger partial charge < -0.3 is 10.1 Å². The second-order valence-electron chi connectivity index (χ2n) is 8.54. The SMILES string of the molecule is Cc1nc(C(=O)NCC2CCC3(CCN(Cc4cccc5nccnc45)CC3)O2)cs1. The van der Waals surface area contributed by atoms with E-state index in [2.05, 4.69) is 37.3 Å². The van der Waals surface area contributed by atoms with Gasteiger partial charge in [-0.25, -0.2) is 4.98 Å². The van der Waals surface area contributed by atoms with Crippen LogP contribution in [0, 0.1) is 6.92 Å². The van der Waals surface area contributed by atoms with E-state index >= 15 is 0 Å². The standard InChI is InChI=1S/C23H27N5O2S/c1-16-27-20(15-31-16)22(29)26-13-18-5-6-23(30-18)7-11-28(12-8-23)14-17-3-2-4-19-21(17)25-10-9-24-19/h2-4,9-10,15,18H,5-8,11-14H2,1H3,(H,26,29). The molecule has 7 nitrogen and oxygen atoms in total. The third-order valence-electron chi connectivity index (χ3n) is 6.42. The summed E-state index contributed by atoms with van der Waals surface area (Å²) in [5, 5.41) is 5.70. The van der Waals surface area contributed by atoms with Gasteiger partial charge in [0.05, 0.1) is 27.7 Å². The summed E-state index contributed by atoms with van der Waals surface area (Å²) < 4.78 is 6.47. The number of nitrogens with one attached hydrogen (secondary N) is 1. The van der Waals surface area contributed by atoms with Crippen molar-refractivity contribution in [1.82, 2.24) is 25.2 Å². The van der Waals surface area contributed by atoms with Crippen LogP contribution in [0.5, 0.6) is 0 Å². The van der Waals surface area contributed by atoms with Crippen molar-refractivity contribution in [2.45, 2.75) is 50.9 Å². The third-order valence-corrected chi connectivity index (χ3v) is 7.20. The molecule has 1 spiro atoms. The van der Waals surface area contributed by atoms with Crippen LogP contribution in [0.4, 0.5) is 0 Å². The van der Waals surface area contributed by atoms with Gasteiger partial charge in [-0.1, -0.05) is 12.1 Å². The molecule has 2 aromatic heterocycles. The Morgan fingerprint density at radius 3 is 2.90 bits per heavy atom. The van der Waals surface area contributed by atoms with Crippen LogP contribution in [0.15, 0.2) is 36.0 Å². The lowest BCUT2D eigenvalue weighted by Gasteiger charge is -2.39. The number of amides is 1. The predicted octanol–water partition coefficient (Wildman–Crippen LogP) is 3.34. The van der Waals surface area contributed by atoms with Crippen LogP contribution in [0.25, 0.3) is 11.0 Å². The van der Waals surface area contributed by atoms with Gasteiger partial charge in [0.15, 0.2) is 0 Å². The molecule has 2 saturated heterocycles. The van der Waals surface area contributed by atoms with Crippen molar-refractivity contribution in [3.63, 3.8) is 0 Å². The molecule has 2 fully saturated rings. The molecule has 2 aliphatic heterocycles. The Hall–Kier alpha value is -2.42. The number of aromatic nitrogens is 3. The molecule has 31 heavy (non-hydrogen) atoms. The minimum absolute atomic E-state index is 0.0400. The number of ether oxygens (including phenoxy) is 1. The first-order valence-electron chi connectivity index (χ1n) is 10.9. The normalized spacial score (nSPS) is 21.0. The summed E-state index contributed by atoms with van der Waals surface area (Å²) in [6, 6.07) is 6.22. The quantitative estimate of drug-likeness (QED) is 0.659. The minimum Gasteiger partial charge on any atom is -0.370 e. The first kappa shape index (κ1) is 20.5. The topological polar surface area (TPSA) is 80.2 Å². The number of fused-ring (bicyclic) bond motifs is 1. The largest absolute Gasteiger partial charge is 0.370 e. The Balaban J connectivity index is 1.13. The number of hydrogen-bond acceptors (Lipinski definition) is 7. The molecule has 1 aromatic carbocycles. The second-order valence-corrected chi connectivity index (χ2v) is 9.60. The van der Waals surface area contributed by atoms with Gasteiger partial charge in [0, 0.05) is 44.0 Å². The van der Waals surface area contributed by atoms with Crippen LogP contribution in [-0.2, 0) is 11.3 Å². The molecule has 162 valence electrons. The predicted molar refractivity (Wildman–Crippen MR) is 120 cm³/mol. The van der Waals surface area contributed by atoms with E-state index in [9.17, 15) is 4.79 Å². The first-order chi connectivity index (χ1) is 15.1. The molecule has 1 atom stereocenters. The van der Waals surface area contributed by atoms with Crippen molar-refractivity contribution >= 4 is 28.3 Å². The maximum absolute atomic E-state index is 12.3. The average Bonchev–Trinajstić information content (AvgIpc) is 3.41. The summed E-state index contributed by atoms with van der Waals surface area (Å²) in [7, 11) is 0. The summed E-state index contributed by atoms with van der Waals surface area (Å²) in [6.45, 7) is 5.36. The van der Waals surface area contributed by atoms with Gasteiger partial charge in [0.2, 0.25) is 0 Å². The van der Waals surface area contributed by atoms with E-state index in [0.29, 0.717) is 12.2 Å². The fourth-order valence-corrected chi connectivity index (χ4v) is 5.30. The molecule has 5 rings (SSSR count). The number of carbonyl (C=O) groups is 1. The van der Waals surface area contributed by atoms with E-state index in [0.717, 1.165) is 61.4 Å². The number of hydrogen-bond donors (Lipinski definition) is 1. The van der Waals surface area contributed by atoms with E-state index in [1.807, 2.05) is 13.0 Å². The molecule has 0 saturated carbocycles. The Morgan fingerprint density at radius 1 is 1.26 bits per heavy atom. The molecule has 0 aliphatic carbocycles. The number of rotatable bonds is 5. The van der Waals surface area contributed by atoms with E-state index in [1.54, 1.807) is 17.8 Å². The lowest BCUT2D eigenvalue weighted by atomic mass is 9.88. The van der Waals surface area contributed by atoms with Crippen molar-refractivity contribution in [3.05, 3.63) is 52.2 Å². The van der Waals surface area contributed by atoms with Crippen LogP contribution in [0.2, 0.25) is 0 Å². The van der Waals surface area contributed by atoms with Gasteiger partial charge in [-0.3, -0.25) is 19.7 Å². The molecule has 4 heterocycles. The molecule has 1 unspecified atom stereocenters. The highest BCUT2D eigenvalue weighted by atomic mass is 32.1. The zero-order valence-electron chi connectivity index (χ0n) is 17.7. The number of piperidine rings is 1. The van der Waals surface area contributed by atoms with Crippen molar-refractivity contribution < 1.29 is 9.53 Å². The number of thiazole rings is 1. The number of likely N-dealkylation sites (tertiary alicyclic amines) is 1. The molecule has 2 aliphatic rings. The zero-order chi connectivity index (χ0) is 21.3. The van der Waals surface area contributed by atoms with E-state index in [-0.39, 0.29) is 17.6 Å². The minimum atomic E-state index is -0.109. The van der Waals surface area contributed by atoms with Crippen LogP contribution >= 0.6 is 11.3 Å².